The van der Waals surface area contributed by atoms with Gasteiger partial charge in [0.15, 0.2) is 5.65 Å². The lowest BCUT2D eigenvalue weighted by molar-refractivity contribution is 0.102. The van der Waals surface area contributed by atoms with E-state index in [9.17, 15) is 4.79 Å². The Morgan fingerprint density at radius 3 is 2.77 bits per heavy atom. The average molecular weight is 436 g/mol. The van der Waals surface area contributed by atoms with E-state index in [1.54, 1.807) is 16.8 Å². The number of hydrogen-bond acceptors (Lipinski definition) is 5. The number of aromatic nitrogens is 3. The number of nitrogens with zero attached hydrogens (tertiary/aromatic N) is 3. The van der Waals surface area contributed by atoms with Gasteiger partial charge in [0.2, 0.25) is 0 Å². The Bertz CT molecular complexity index is 1220. The number of amides is 1. The molecule has 3 N–H and O–H groups in total. The summed E-state index contributed by atoms with van der Waals surface area (Å²) in [5.41, 5.74) is 5.51. The summed E-state index contributed by atoms with van der Waals surface area (Å²) in [6, 6.07) is 15.2. The van der Waals surface area contributed by atoms with E-state index >= 15 is 0 Å². The van der Waals surface area contributed by atoms with Crippen molar-refractivity contribution in [2.75, 3.05) is 18.5 Å². The van der Waals surface area contributed by atoms with Crippen LogP contribution in [0, 0.1) is 6.92 Å². The van der Waals surface area contributed by atoms with Crippen molar-refractivity contribution in [1.82, 2.24) is 19.9 Å². The van der Waals surface area contributed by atoms with Gasteiger partial charge in [-0.3, -0.25) is 9.20 Å². The molecule has 0 spiro atoms. The number of fused-ring (bicyclic) bond motifs is 1. The summed E-state index contributed by atoms with van der Waals surface area (Å²) in [6.07, 6.45) is 3.43. The summed E-state index contributed by atoms with van der Waals surface area (Å²) in [7, 11) is 0. The number of nitrogens with one attached hydrogen (secondary N) is 2. The summed E-state index contributed by atoms with van der Waals surface area (Å²) in [5, 5.41) is 23.8. The van der Waals surface area contributed by atoms with Crippen LogP contribution < -0.4 is 10.6 Å². The lowest BCUT2D eigenvalue weighted by Crippen LogP contribution is -2.19. The third kappa shape index (κ3) is 4.59. The van der Waals surface area contributed by atoms with Crippen molar-refractivity contribution in [3.8, 4) is 11.1 Å². The zero-order valence-electron chi connectivity index (χ0n) is 17.0. The van der Waals surface area contributed by atoms with Gasteiger partial charge < -0.3 is 15.7 Å². The average Bonchev–Trinajstić information content (AvgIpc) is 3.24. The monoisotopic (exact) mass is 435 g/mol. The lowest BCUT2D eigenvalue weighted by atomic mass is 9.99. The Kier molecular flexibility index (Phi) is 6.27. The van der Waals surface area contributed by atoms with Crippen LogP contribution in [0.2, 0.25) is 5.02 Å². The SMILES string of the molecule is Cc1c(NC(=O)c2cc(CNCCO)cn3cnnc23)cccc1-c1ccc(Cl)cc1. The Balaban J connectivity index is 1.64. The van der Waals surface area contributed by atoms with Crippen LogP contribution >= 0.6 is 11.6 Å². The maximum absolute atomic E-state index is 13.2. The van der Waals surface area contributed by atoms with Gasteiger partial charge in [-0.15, -0.1) is 10.2 Å². The molecule has 2 aromatic carbocycles. The van der Waals surface area contributed by atoms with Crippen LogP contribution in [0.5, 0.6) is 0 Å². The minimum atomic E-state index is -0.265. The fraction of sp³-hybridized carbons (Fsp3) is 0.174. The molecule has 0 saturated carbocycles. The number of aliphatic hydroxyl groups is 1. The molecule has 7 nitrogen and oxygen atoms in total. The highest BCUT2D eigenvalue weighted by molar-refractivity contribution is 6.30. The third-order valence-corrected chi connectivity index (χ3v) is 5.30. The number of anilines is 1. The molecule has 0 saturated heterocycles. The van der Waals surface area contributed by atoms with Gasteiger partial charge in [-0.25, -0.2) is 0 Å². The quantitative estimate of drug-likeness (QED) is 0.385. The number of carbonyl (C=O) groups excluding carboxylic acids is 1. The van der Waals surface area contributed by atoms with Gasteiger partial charge in [0.25, 0.3) is 5.91 Å². The maximum Gasteiger partial charge on any atom is 0.259 e. The topological polar surface area (TPSA) is 91.5 Å². The van der Waals surface area contributed by atoms with Gasteiger partial charge in [0.1, 0.15) is 6.33 Å². The molecule has 2 aromatic heterocycles. The first-order chi connectivity index (χ1) is 15.1. The zero-order chi connectivity index (χ0) is 21.8. The van der Waals surface area contributed by atoms with Gasteiger partial charge >= 0.3 is 0 Å². The van der Waals surface area contributed by atoms with E-state index in [0.29, 0.717) is 29.3 Å². The highest BCUT2D eigenvalue weighted by Gasteiger charge is 2.16. The molecule has 0 unspecified atom stereocenters. The summed E-state index contributed by atoms with van der Waals surface area (Å²) < 4.78 is 1.72. The first-order valence-electron chi connectivity index (χ1n) is 9.87. The molecule has 0 atom stereocenters. The summed E-state index contributed by atoms with van der Waals surface area (Å²) >= 11 is 6.01. The predicted octanol–water partition coefficient (Wildman–Crippen LogP) is 3.69. The molecule has 0 radical (unpaired) electrons. The van der Waals surface area contributed by atoms with Crippen molar-refractivity contribution < 1.29 is 9.90 Å². The molecule has 0 fully saturated rings. The largest absolute Gasteiger partial charge is 0.395 e. The molecule has 4 rings (SSSR count). The third-order valence-electron chi connectivity index (χ3n) is 5.05. The molecule has 0 aliphatic carbocycles. The molecule has 4 aromatic rings. The lowest BCUT2D eigenvalue weighted by Gasteiger charge is -2.14. The molecule has 158 valence electrons. The van der Waals surface area contributed by atoms with Crippen LogP contribution in [-0.4, -0.2) is 38.8 Å². The Labute approximate surface area is 184 Å². The number of aliphatic hydroxyl groups excluding tert-OH is 1. The van der Waals surface area contributed by atoms with Crippen LogP contribution in [0.15, 0.2) is 61.1 Å². The van der Waals surface area contributed by atoms with E-state index in [1.165, 1.54) is 0 Å². The molecule has 2 heterocycles. The van der Waals surface area contributed by atoms with E-state index < -0.39 is 0 Å². The minimum Gasteiger partial charge on any atom is -0.395 e. The molecule has 1 amide bonds. The molecular formula is C23H22ClN5O2. The van der Waals surface area contributed by atoms with Crippen molar-refractivity contribution in [3.63, 3.8) is 0 Å². The fourth-order valence-electron chi connectivity index (χ4n) is 3.47. The van der Waals surface area contributed by atoms with Gasteiger partial charge in [0, 0.05) is 30.0 Å². The highest BCUT2D eigenvalue weighted by Crippen LogP contribution is 2.30. The first-order valence-corrected chi connectivity index (χ1v) is 10.3. The number of benzene rings is 2. The second-order valence-corrected chi connectivity index (χ2v) is 7.60. The molecule has 0 aliphatic heterocycles. The van der Waals surface area contributed by atoms with E-state index in [4.69, 9.17) is 16.7 Å². The van der Waals surface area contributed by atoms with Crippen LogP contribution in [0.4, 0.5) is 5.69 Å². The fourth-order valence-corrected chi connectivity index (χ4v) is 3.60. The van der Waals surface area contributed by atoms with Gasteiger partial charge in [0.05, 0.1) is 12.2 Å². The maximum atomic E-state index is 13.2. The van der Waals surface area contributed by atoms with Crippen molar-refractivity contribution in [3.05, 3.63) is 82.8 Å². The molecule has 31 heavy (non-hydrogen) atoms. The number of rotatable bonds is 7. The normalized spacial score (nSPS) is 11.1. The van der Waals surface area contributed by atoms with Crippen molar-refractivity contribution in [1.29, 1.82) is 0 Å². The van der Waals surface area contributed by atoms with E-state index in [2.05, 4.69) is 20.8 Å². The second-order valence-electron chi connectivity index (χ2n) is 7.16. The number of halogens is 1. The van der Waals surface area contributed by atoms with E-state index in [-0.39, 0.29) is 12.5 Å². The zero-order valence-corrected chi connectivity index (χ0v) is 17.7. The van der Waals surface area contributed by atoms with Crippen LogP contribution in [0.1, 0.15) is 21.5 Å². The van der Waals surface area contributed by atoms with Crippen molar-refractivity contribution >= 4 is 28.8 Å². The molecular weight excluding hydrogens is 414 g/mol. The van der Waals surface area contributed by atoms with E-state index in [0.717, 1.165) is 27.9 Å². The Hall–Kier alpha value is -3.26. The van der Waals surface area contributed by atoms with Gasteiger partial charge in [-0.2, -0.15) is 0 Å². The summed E-state index contributed by atoms with van der Waals surface area (Å²) in [4.78, 5) is 13.2. The Morgan fingerprint density at radius 1 is 1.19 bits per heavy atom. The number of pyridine rings is 1. The van der Waals surface area contributed by atoms with E-state index in [1.807, 2.05) is 55.6 Å². The van der Waals surface area contributed by atoms with Crippen molar-refractivity contribution in [2.24, 2.45) is 0 Å². The summed E-state index contributed by atoms with van der Waals surface area (Å²) in [5.74, 6) is -0.265. The Morgan fingerprint density at radius 2 is 2.00 bits per heavy atom. The second kappa shape index (κ2) is 9.26. The smallest absolute Gasteiger partial charge is 0.259 e. The van der Waals surface area contributed by atoms with Crippen molar-refractivity contribution in [2.45, 2.75) is 13.5 Å². The molecule has 0 aliphatic rings. The van der Waals surface area contributed by atoms with Crippen LogP contribution in [-0.2, 0) is 6.54 Å². The molecule has 8 heteroatoms. The number of hydrogen-bond donors (Lipinski definition) is 3. The summed E-state index contributed by atoms with van der Waals surface area (Å²) in [6.45, 7) is 3.01. The molecule has 0 bridgehead atoms. The van der Waals surface area contributed by atoms with Crippen LogP contribution in [0.3, 0.4) is 0 Å². The number of carbonyl (C=O) groups is 1. The highest BCUT2D eigenvalue weighted by atomic mass is 35.5. The minimum absolute atomic E-state index is 0.0471. The van der Waals surface area contributed by atoms with Crippen LogP contribution in [0.25, 0.3) is 16.8 Å². The predicted molar refractivity (Wildman–Crippen MR) is 121 cm³/mol. The van der Waals surface area contributed by atoms with Gasteiger partial charge in [-0.1, -0.05) is 35.9 Å². The first kappa shape index (κ1) is 21.0. The standard InChI is InChI=1S/C23H22ClN5O2/c1-15-19(17-5-7-18(24)8-6-17)3-2-4-21(15)27-23(31)20-11-16(12-25-9-10-30)13-29-14-26-28-22(20)29/h2-8,11,13-14,25,30H,9-10,12H2,1H3,(H,27,31). The van der Waals surface area contributed by atoms with Gasteiger partial charge in [-0.05, 0) is 53.4 Å².